The highest BCUT2D eigenvalue weighted by Crippen LogP contribution is 2.30. The standard InChI is InChI=1S/C17H22FN3.C2H6/c1-11(17(19)12-6-8-20-9-7-12)15-4-2-13-10-14(18)3-5-16(13)21-15;1-2/h3,5,10,12,20H,2,4,6-9,19H2,1H3;1-2H3/b17-11-;. The molecule has 1 saturated heterocycles. The number of fused-ring (bicyclic) bond motifs is 1. The van der Waals surface area contributed by atoms with E-state index in [4.69, 9.17) is 10.7 Å². The summed E-state index contributed by atoms with van der Waals surface area (Å²) in [5.41, 5.74) is 11.4. The summed E-state index contributed by atoms with van der Waals surface area (Å²) < 4.78 is 13.2. The zero-order valence-electron chi connectivity index (χ0n) is 14.5. The lowest BCUT2D eigenvalue weighted by molar-refractivity contribution is 0.416. The molecule has 2 aliphatic rings. The summed E-state index contributed by atoms with van der Waals surface area (Å²) >= 11 is 0. The molecule has 0 bridgehead atoms. The molecule has 1 fully saturated rings. The van der Waals surface area contributed by atoms with Gasteiger partial charge in [0.25, 0.3) is 0 Å². The third-order valence-electron chi connectivity index (χ3n) is 4.57. The smallest absolute Gasteiger partial charge is 0.123 e. The Labute approximate surface area is 138 Å². The van der Waals surface area contributed by atoms with E-state index in [1.807, 2.05) is 13.8 Å². The quantitative estimate of drug-likeness (QED) is 0.862. The molecule has 126 valence electrons. The summed E-state index contributed by atoms with van der Waals surface area (Å²) in [5.74, 6) is 0.275. The molecule has 0 radical (unpaired) electrons. The number of allylic oxidation sites excluding steroid dienone is 2. The number of nitrogens with two attached hydrogens (primary N) is 1. The van der Waals surface area contributed by atoms with Crippen LogP contribution in [0.15, 0.2) is 34.5 Å². The molecule has 0 saturated carbocycles. The SMILES string of the molecule is C/C(C1=Nc2ccc(F)cc2CC1)=C(/N)C1CCNCC1.CC. The maximum absolute atomic E-state index is 13.2. The minimum Gasteiger partial charge on any atom is -0.402 e. The highest BCUT2D eigenvalue weighted by molar-refractivity contribution is 6.03. The molecule has 2 heterocycles. The summed E-state index contributed by atoms with van der Waals surface area (Å²) in [6.45, 7) is 8.14. The topological polar surface area (TPSA) is 50.4 Å². The first kappa shape index (κ1) is 17.7. The monoisotopic (exact) mass is 317 g/mol. The van der Waals surface area contributed by atoms with Gasteiger partial charge in [-0.1, -0.05) is 13.8 Å². The molecule has 2 aliphatic heterocycles. The molecule has 3 rings (SSSR count). The highest BCUT2D eigenvalue weighted by atomic mass is 19.1. The Morgan fingerprint density at radius 2 is 1.91 bits per heavy atom. The van der Waals surface area contributed by atoms with Crippen molar-refractivity contribution in [3.05, 3.63) is 40.8 Å². The zero-order valence-corrected chi connectivity index (χ0v) is 14.5. The Kier molecular flexibility index (Phi) is 6.34. The fourth-order valence-electron chi connectivity index (χ4n) is 3.19. The van der Waals surface area contributed by atoms with Gasteiger partial charge in [0.05, 0.1) is 5.69 Å². The summed E-state index contributed by atoms with van der Waals surface area (Å²) in [7, 11) is 0. The number of benzene rings is 1. The Bertz CT molecular complexity index is 599. The first-order valence-electron chi connectivity index (χ1n) is 8.68. The van der Waals surface area contributed by atoms with Gasteiger partial charge in [-0.2, -0.15) is 0 Å². The van der Waals surface area contributed by atoms with Crippen LogP contribution in [0.5, 0.6) is 0 Å². The number of rotatable bonds is 2. The Hall–Kier alpha value is -1.68. The van der Waals surface area contributed by atoms with Crippen molar-refractivity contribution < 1.29 is 4.39 Å². The number of halogens is 1. The molecule has 0 amide bonds. The van der Waals surface area contributed by atoms with Gasteiger partial charge < -0.3 is 11.1 Å². The van der Waals surface area contributed by atoms with Gasteiger partial charge in [0.1, 0.15) is 5.82 Å². The van der Waals surface area contributed by atoms with Crippen molar-refractivity contribution in [3.63, 3.8) is 0 Å². The van der Waals surface area contributed by atoms with E-state index < -0.39 is 0 Å². The van der Waals surface area contributed by atoms with Gasteiger partial charge in [-0.25, -0.2) is 4.39 Å². The number of hydrogen-bond donors (Lipinski definition) is 2. The maximum Gasteiger partial charge on any atom is 0.123 e. The average molecular weight is 317 g/mol. The number of piperidine rings is 1. The lowest BCUT2D eigenvalue weighted by Crippen LogP contribution is -2.31. The van der Waals surface area contributed by atoms with Gasteiger partial charge in [0, 0.05) is 17.3 Å². The van der Waals surface area contributed by atoms with E-state index in [2.05, 4.69) is 12.2 Å². The predicted molar refractivity (Wildman–Crippen MR) is 95.6 cm³/mol. The molecule has 1 aromatic rings. The van der Waals surface area contributed by atoms with Crippen LogP contribution in [-0.2, 0) is 6.42 Å². The first-order valence-corrected chi connectivity index (χ1v) is 8.68. The molecular formula is C19H28FN3. The minimum atomic E-state index is -0.186. The van der Waals surface area contributed by atoms with Gasteiger partial charge >= 0.3 is 0 Å². The van der Waals surface area contributed by atoms with Crippen molar-refractivity contribution in [1.82, 2.24) is 5.32 Å². The fourth-order valence-corrected chi connectivity index (χ4v) is 3.19. The average Bonchev–Trinajstić information content (AvgIpc) is 2.62. The summed E-state index contributed by atoms with van der Waals surface area (Å²) in [5, 5.41) is 3.36. The van der Waals surface area contributed by atoms with Crippen molar-refractivity contribution in [2.75, 3.05) is 13.1 Å². The summed E-state index contributed by atoms with van der Waals surface area (Å²) in [6.07, 6.45) is 3.87. The van der Waals surface area contributed by atoms with Gasteiger partial charge in [-0.05, 0) is 75.0 Å². The van der Waals surface area contributed by atoms with Gasteiger partial charge in [0.2, 0.25) is 0 Å². The molecule has 0 unspecified atom stereocenters. The Morgan fingerprint density at radius 1 is 1.22 bits per heavy atom. The molecule has 0 atom stereocenters. The van der Waals surface area contributed by atoms with Gasteiger partial charge in [-0.15, -0.1) is 0 Å². The number of aliphatic imine (C=N–C) groups is 1. The van der Waals surface area contributed by atoms with Crippen molar-refractivity contribution in [2.24, 2.45) is 16.6 Å². The van der Waals surface area contributed by atoms with Crippen LogP contribution in [0.3, 0.4) is 0 Å². The van der Waals surface area contributed by atoms with E-state index in [0.29, 0.717) is 5.92 Å². The molecule has 23 heavy (non-hydrogen) atoms. The number of nitrogens with one attached hydrogen (secondary N) is 1. The molecule has 0 aromatic heterocycles. The van der Waals surface area contributed by atoms with Gasteiger partial charge in [-0.3, -0.25) is 4.99 Å². The van der Waals surface area contributed by atoms with Crippen LogP contribution in [0.1, 0.15) is 45.6 Å². The van der Waals surface area contributed by atoms with E-state index in [1.165, 1.54) is 6.07 Å². The normalized spacial score (nSPS) is 19.0. The molecule has 0 aliphatic carbocycles. The Balaban J connectivity index is 0.000000924. The van der Waals surface area contributed by atoms with Crippen molar-refractivity contribution in [1.29, 1.82) is 0 Å². The van der Waals surface area contributed by atoms with Crippen LogP contribution in [0.4, 0.5) is 10.1 Å². The fraction of sp³-hybridized carbons (Fsp3) is 0.526. The maximum atomic E-state index is 13.2. The summed E-state index contributed by atoms with van der Waals surface area (Å²) in [4.78, 5) is 4.70. The van der Waals surface area contributed by atoms with Crippen molar-refractivity contribution >= 4 is 11.4 Å². The zero-order chi connectivity index (χ0) is 16.8. The van der Waals surface area contributed by atoms with Gasteiger partial charge in [0.15, 0.2) is 0 Å². The van der Waals surface area contributed by atoms with Crippen LogP contribution in [0, 0.1) is 11.7 Å². The highest BCUT2D eigenvalue weighted by Gasteiger charge is 2.21. The second-order valence-corrected chi connectivity index (χ2v) is 5.94. The number of aryl methyl sites for hydroxylation is 1. The van der Waals surface area contributed by atoms with E-state index >= 15 is 0 Å². The molecule has 3 nitrogen and oxygen atoms in total. The van der Waals surface area contributed by atoms with Crippen molar-refractivity contribution in [3.8, 4) is 0 Å². The van der Waals surface area contributed by atoms with Crippen LogP contribution in [0.2, 0.25) is 0 Å². The van der Waals surface area contributed by atoms with E-state index in [1.54, 1.807) is 12.1 Å². The number of nitrogens with zero attached hydrogens (tertiary/aromatic N) is 1. The lowest BCUT2D eigenvalue weighted by atomic mass is 9.89. The third-order valence-corrected chi connectivity index (χ3v) is 4.57. The first-order chi connectivity index (χ1) is 11.1. The predicted octanol–water partition coefficient (Wildman–Crippen LogP) is 4.10. The largest absolute Gasteiger partial charge is 0.402 e. The van der Waals surface area contributed by atoms with E-state index in [9.17, 15) is 4.39 Å². The lowest BCUT2D eigenvalue weighted by Gasteiger charge is -2.25. The van der Waals surface area contributed by atoms with E-state index in [0.717, 1.165) is 67.0 Å². The molecule has 0 spiro atoms. The third kappa shape index (κ3) is 4.20. The van der Waals surface area contributed by atoms with Crippen LogP contribution < -0.4 is 11.1 Å². The van der Waals surface area contributed by atoms with Crippen LogP contribution in [-0.4, -0.2) is 18.8 Å². The van der Waals surface area contributed by atoms with Crippen LogP contribution >= 0.6 is 0 Å². The van der Waals surface area contributed by atoms with Crippen LogP contribution in [0.25, 0.3) is 0 Å². The summed E-state index contributed by atoms with van der Waals surface area (Å²) in [6, 6.07) is 4.82. The molecule has 1 aromatic carbocycles. The number of hydrogen-bond acceptors (Lipinski definition) is 3. The van der Waals surface area contributed by atoms with Crippen molar-refractivity contribution in [2.45, 2.75) is 46.5 Å². The molecular weight excluding hydrogens is 289 g/mol. The second kappa shape index (κ2) is 8.25. The second-order valence-electron chi connectivity index (χ2n) is 5.94. The minimum absolute atomic E-state index is 0.186. The molecule has 3 N–H and O–H groups in total. The molecule has 4 heteroatoms. The van der Waals surface area contributed by atoms with E-state index in [-0.39, 0.29) is 5.82 Å². The Morgan fingerprint density at radius 3 is 2.61 bits per heavy atom.